The molecule has 0 aliphatic carbocycles. The van der Waals surface area contributed by atoms with Gasteiger partial charge >= 0.3 is 5.97 Å². The topological polar surface area (TPSA) is 55.4 Å². The Balaban J connectivity index is 3.40. The van der Waals surface area contributed by atoms with E-state index in [-0.39, 0.29) is 17.9 Å². The summed E-state index contributed by atoms with van der Waals surface area (Å²) in [6, 6.07) is 0.224. The second kappa shape index (κ2) is 22.6. The zero-order valence-corrected chi connectivity index (χ0v) is 20.4. The minimum atomic E-state index is -0.164. The first kappa shape index (κ1) is 28.9. The lowest BCUT2D eigenvalue weighted by Crippen LogP contribution is -2.32. The van der Waals surface area contributed by atoms with Gasteiger partial charge in [-0.15, -0.1) is 0 Å². The fourth-order valence-electron chi connectivity index (χ4n) is 3.71. The van der Waals surface area contributed by atoms with Crippen LogP contribution < -0.4 is 5.32 Å². The molecule has 0 aliphatic heterocycles. The molecule has 4 heteroatoms. The highest BCUT2D eigenvalue weighted by Gasteiger charge is 2.09. The summed E-state index contributed by atoms with van der Waals surface area (Å²) in [5, 5.41) is 3.03. The molecule has 1 N–H and O–H groups in total. The van der Waals surface area contributed by atoms with Crippen molar-refractivity contribution in [2.75, 3.05) is 6.61 Å². The number of carbonyl (C=O) groups is 2. The number of nitrogens with one attached hydrogen (secondary N) is 1. The van der Waals surface area contributed by atoms with Crippen molar-refractivity contribution in [3.8, 4) is 0 Å². The van der Waals surface area contributed by atoms with E-state index in [9.17, 15) is 9.59 Å². The molecule has 0 aliphatic rings. The molecule has 0 heterocycles. The van der Waals surface area contributed by atoms with E-state index in [4.69, 9.17) is 4.74 Å². The first-order valence-corrected chi connectivity index (χ1v) is 13.0. The number of amides is 1. The van der Waals surface area contributed by atoms with Crippen LogP contribution in [0.15, 0.2) is 0 Å². The largest absolute Gasteiger partial charge is 0.466 e. The summed E-state index contributed by atoms with van der Waals surface area (Å²) in [7, 11) is 0. The van der Waals surface area contributed by atoms with Crippen LogP contribution in [0.5, 0.6) is 0 Å². The molecule has 0 saturated heterocycles. The van der Waals surface area contributed by atoms with Crippen LogP contribution in [0.1, 0.15) is 143 Å². The van der Waals surface area contributed by atoms with Gasteiger partial charge in [-0.2, -0.15) is 0 Å². The predicted molar refractivity (Wildman–Crippen MR) is 128 cm³/mol. The van der Waals surface area contributed by atoms with Crippen LogP contribution in [0.25, 0.3) is 0 Å². The summed E-state index contributed by atoms with van der Waals surface area (Å²) in [5.41, 5.74) is 0. The standard InChI is InChI=1S/C26H51NO3/c1-4-6-8-10-11-12-13-14-15-16-18-23-30-26(29)22-19-21-25(28)27-24(3)20-17-9-7-5-2/h24H,4-23H2,1-3H3,(H,27,28). The maximum absolute atomic E-state index is 11.9. The highest BCUT2D eigenvalue weighted by molar-refractivity contribution is 5.77. The second-order valence-electron chi connectivity index (χ2n) is 8.93. The van der Waals surface area contributed by atoms with E-state index >= 15 is 0 Å². The summed E-state index contributed by atoms with van der Waals surface area (Å²) in [4.78, 5) is 23.7. The van der Waals surface area contributed by atoms with Crippen LogP contribution in [-0.2, 0) is 14.3 Å². The van der Waals surface area contributed by atoms with Crippen molar-refractivity contribution in [2.24, 2.45) is 0 Å². The fraction of sp³-hybridized carbons (Fsp3) is 0.923. The maximum Gasteiger partial charge on any atom is 0.305 e. The Labute approximate surface area is 187 Å². The monoisotopic (exact) mass is 425 g/mol. The Morgan fingerprint density at radius 3 is 1.73 bits per heavy atom. The number of esters is 1. The van der Waals surface area contributed by atoms with Crippen LogP contribution in [0.2, 0.25) is 0 Å². The third-order valence-corrected chi connectivity index (χ3v) is 5.69. The van der Waals surface area contributed by atoms with Crippen LogP contribution in [0, 0.1) is 0 Å². The highest BCUT2D eigenvalue weighted by Crippen LogP contribution is 2.11. The van der Waals surface area contributed by atoms with E-state index in [2.05, 4.69) is 26.1 Å². The molecule has 0 fully saturated rings. The van der Waals surface area contributed by atoms with Crippen LogP contribution in [0.3, 0.4) is 0 Å². The van der Waals surface area contributed by atoms with Crippen molar-refractivity contribution < 1.29 is 14.3 Å². The Hall–Kier alpha value is -1.06. The molecule has 0 saturated carbocycles. The van der Waals surface area contributed by atoms with Gasteiger partial charge in [-0.3, -0.25) is 9.59 Å². The van der Waals surface area contributed by atoms with Crippen LogP contribution >= 0.6 is 0 Å². The molecule has 0 aromatic heterocycles. The van der Waals surface area contributed by atoms with Gasteiger partial charge in [-0.05, 0) is 26.2 Å². The average Bonchev–Trinajstić information content (AvgIpc) is 2.72. The van der Waals surface area contributed by atoms with Crippen molar-refractivity contribution >= 4 is 11.9 Å². The van der Waals surface area contributed by atoms with E-state index < -0.39 is 0 Å². The van der Waals surface area contributed by atoms with Crippen molar-refractivity contribution in [3.05, 3.63) is 0 Å². The van der Waals surface area contributed by atoms with Crippen molar-refractivity contribution in [2.45, 2.75) is 149 Å². The van der Waals surface area contributed by atoms with Crippen molar-refractivity contribution in [1.29, 1.82) is 0 Å². The van der Waals surface area contributed by atoms with Gasteiger partial charge in [-0.25, -0.2) is 0 Å². The predicted octanol–water partition coefficient (Wildman–Crippen LogP) is 7.49. The van der Waals surface area contributed by atoms with Gasteiger partial charge in [0.25, 0.3) is 0 Å². The number of hydrogen-bond donors (Lipinski definition) is 1. The quantitative estimate of drug-likeness (QED) is 0.144. The summed E-state index contributed by atoms with van der Waals surface area (Å²) in [5.74, 6) is -0.112. The molecule has 1 unspecified atom stereocenters. The normalized spacial score (nSPS) is 12.0. The van der Waals surface area contributed by atoms with E-state index in [1.165, 1.54) is 83.5 Å². The highest BCUT2D eigenvalue weighted by atomic mass is 16.5. The summed E-state index contributed by atoms with van der Waals surface area (Å²) < 4.78 is 5.29. The molecule has 0 bridgehead atoms. The zero-order valence-electron chi connectivity index (χ0n) is 20.4. The van der Waals surface area contributed by atoms with Gasteiger partial charge < -0.3 is 10.1 Å². The van der Waals surface area contributed by atoms with Gasteiger partial charge in [0.05, 0.1) is 6.61 Å². The first-order valence-electron chi connectivity index (χ1n) is 13.0. The molecule has 0 aromatic carbocycles. The molecule has 0 rings (SSSR count). The molecular weight excluding hydrogens is 374 g/mol. The van der Waals surface area contributed by atoms with Gasteiger partial charge in [0.2, 0.25) is 5.91 Å². The Morgan fingerprint density at radius 2 is 1.17 bits per heavy atom. The van der Waals surface area contributed by atoms with Gasteiger partial charge in [0.15, 0.2) is 0 Å². The lowest BCUT2D eigenvalue weighted by molar-refractivity contribution is -0.143. The molecule has 30 heavy (non-hydrogen) atoms. The SMILES string of the molecule is CCCCCCCCCCCCCOC(=O)CCCC(=O)NC(C)CCCCCC. The minimum absolute atomic E-state index is 0.0520. The summed E-state index contributed by atoms with van der Waals surface area (Å²) in [6.45, 7) is 7.05. The Morgan fingerprint density at radius 1 is 0.667 bits per heavy atom. The average molecular weight is 426 g/mol. The van der Waals surface area contributed by atoms with Gasteiger partial charge in [0.1, 0.15) is 0 Å². The third kappa shape index (κ3) is 21.6. The molecule has 1 atom stereocenters. The maximum atomic E-state index is 11.9. The molecule has 0 spiro atoms. The fourth-order valence-corrected chi connectivity index (χ4v) is 3.71. The van der Waals surface area contributed by atoms with Gasteiger partial charge in [-0.1, -0.05) is 104 Å². The van der Waals surface area contributed by atoms with E-state index in [1.54, 1.807) is 0 Å². The molecule has 1 amide bonds. The van der Waals surface area contributed by atoms with Gasteiger partial charge in [0, 0.05) is 18.9 Å². The molecule has 178 valence electrons. The smallest absolute Gasteiger partial charge is 0.305 e. The number of carbonyl (C=O) groups excluding carboxylic acids is 2. The summed E-state index contributed by atoms with van der Waals surface area (Å²) >= 11 is 0. The molecule has 4 nitrogen and oxygen atoms in total. The Bertz CT molecular complexity index is 398. The first-order chi connectivity index (χ1) is 14.6. The van der Waals surface area contributed by atoms with E-state index in [1.807, 2.05) is 0 Å². The van der Waals surface area contributed by atoms with E-state index in [0.29, 0.717) is 25.9 Å². The van der Waals surface area contributed by atoms with Crippen molar-refractivity contribution in [1.82, 2.24) is 5.32 Å². The lowest BCUT2D eigenvalue weighted by atomic mass is 10.1. The number of rotatable bonds is 22. The second-order valence-corrected chi connectivity index (χ2v) is 8.93. The number of ether oxygens (including phenoxy) is 1. The number of hydrogen-bond acceptors (Lipinski definition) is 3. The minimum Gasteiger partial charge on any atom is -0.466 e. The molecule has 0 radical (unpaired) electrons. The van der Waals surface area contributed by atoms with E-state index in [0.717, 1.165) is 19.3 Å². The number of unbranched alkanes of at least 4 members (excludes halogenated alkanes) is 13. The molecule has 0 aromatic rings. The zero-order chi connectivity index (χ0) is 22.3. The molecular formula is C26H51NO3. The lowest BCUT2D eigenvalue weighted by Gasteiger charge is -2.13. The van der Waals surface area contributed by atoms with Crippen LogP contribution in [-0.4, -0.2) is 24.5 Å². The van der Waals surface area contributed by atoms with Crippen molar-refractivity contribution in [3.63, 3.8) is 0 Å². The third-order valence-electron chi connectivity index (χ3n) is 5.69. The van der Waals surface area contributed by atoms with Crippen LogP contribution in [0.4, 0.5) is 0 Å². The summed E-state index contributed by atoms with van der Waals surface area (Å²) in [6.07, 6.45) is 21.5. The Kier molecular flexibility index (Phi) is 21.8.